The van der Waals surface area contributed by atoms with E-state index in [1.165, 1.54) is 6.42 Å². The third-order valence-corrected chi connectivity index (χ3v) is 4.25. The molecule has 0 amide bonds. The molecule has 0 aliphatic carbocycles. The zero-order chi connectivity index (χ0) is 16.3. The number of halogens is 3. The summed E-state index contributed by atoms with van der Waals surface area (Å²) < 4.78 is 32.7. The fraction of sp³-hybridized carbons (Fsp3) is 0.625. The zero-order valence-corrected chi connectivity index (χ0v) is 14.4. The van der Waals surface area contributed by atoms with E-state index >= 15 is 0 Å². The van der Waals surface area contributed by atoms with E-state index in [9.17, 15) is 13.9 Å². The van der Waals surface area contributed by atoms with Gasteiger partial charge in [-0.3, -0.25) is 0 Å². The molecule has 3 atom stereocenters. The van der Waals surface area contributed by atoms with E-state index in [-0.39, 0.29) is 6.61 Å². The Balaban J connectivity index is 1.86. The van der Waals surface area contributed by atoms with Gasteiger partial charge in [0.2, 0.25) is 0 Å². The van der Waals surface area contributed by atoms with Gasteiger partial charge in [0.25, 0.3) is 0 Å². The maximum absolute atomic E-state index is 13.6. The van der Waals surface area contributed by atoms with Crippen molar-refractivity contribution >= 4 is 15.9 Å². The molecule has 1 N–H and O–H groups in total. The van der Waals surface area contributed by atoms with Gasteiger partial charge in [0.15, 0.2) is 17.4 Å². The smallest absolute Gasteiger partial charge is 0.190 e. The maximum Gasteiger partial charge on any atom is 0.190 e. The summed E-state index contributed by atoms with van der Waals surface area (Å²) in [6, 6.07) is 2.28. The maximum atomic E-state index is 13.6. The van der Waals surface area contributed by atoms with E-state index in [2.05, 4.69) is 34.7 Å². The second kappa shape index (κ2) is 7.70. The third-order valence-electron chi connectivity index (χ3n) is 3.80. The van der Waals surface area contributed by atoms with Crippen LogP contribution in [0.5, 0.6) is 5.75 Å². The number of piperidine rings is 1. The van der Waals surface area contributed by atoms with E-state index in [0.29, 0.717) is 22.9 Å². The number of aliphatic hydroxyl groups is 1. The lowest BCUT2D eigenvalue weighted by Crippen LogP contribution is -2.44. The number of rotatable bonds is 5. The number of ether oxygens (including phenoxy) is 1. The molecule has 0 bridgehead atoms. The van der Waals surface area contributed by atoms with Gasteiger partial charge in [0.1, 0.15) is 12.7 Å². The summed E-state index contributed by atoms with van der Waals surface area (Å²) >= 11 is 3.01. The molecule has 1 aliphatic rings. The largest absolute Gasteiger partial charge is 0.485 e. The summed E-state index contributed by atoms with van der Waals surface area (Å²) in [7, 11) is 0. The number of likely N-dealkylation sites (tertiary alicyclic amines) is 1. The molecular weight excluding hydrogens is 356 g/mol. The summed E-state index contributed by atoms with van der Waals surface area (Å²) in [5.74, 6) is -0.808. The molecule has 1 aromatic rings. The Bertz CT molecular complexity index is 482. The van der Waals surface area contributed by atoms with Gasteiger partial charge >= 0.3 is 0 Å². The number of aliphatic hydroxyl groups excluding tert-OH is 1. The van der Waals surface area contributed by atoms with Gasteiger partial charge in [0.05, 0.1) is 0 Å². The van der Waals surface area contributed by atoms with Crippen LogP contribution in [0.25, 0.3) is 0 Å². The minimum atomic E-state index is -0.778. The van der Waals surface area contributed by atoms with Gasteiger partial charge < -0.3 is 14.7 Å². The minimum Gasteiger partial charge on any atom is -0.485 e. The Kier molecular flexibility index (Phi) is 6.17. The van der Waals surface area contributed by atoms with Crippen molar-refractivity contribution < 1.29 is 18.6 Å². The molecule has 1 fully saturated rings. The van der Waals surface area contributed by atoms with Gasteiger partial charge in [-0.1, -0.05) is 29.8 Å². The molecule has 0 radical (unpaired) electrons. The number of benzene rings is 1. The Morgan fingerprint density at radius 3 is 2.36 bits per heavy atom. The van der Waals surface area contributed by atoms with Gasteiger partial charge in [-0.25, -0.2) is 8.78 Å². The van der Waals surface area contributed by atoms with Gasteiger partial charge in [-0.05, 0) is 30.4 Å². The molecule has 0 spiro atoms. The number of hydrogen-bond acceptors (Lipinski definition) is 3. The zero-order valence-electron chi connectivity index (χ0n) is 12.9. The number of β-amino-alcohol motifs (C(OH)–C–C–N with tert-alkyl or cyclic N) is 1. The van der Waals surface area contributed by atoms with Gasteiger partial charge in [0, 0.05) is 24.1 Å². The van der Waals surface area contributed by atoms with Crippen LogP contribution in [0, 0.1) is 23.5 Å². The average Bonchev–Trinajstić information content (AvgIpc) is 2.35. The molecule has 1 aliphatic heterocycles. The first-order valence-corrected chi connectivity index (χ1v) is 8.32. The van der Waals surface area contributed by atoms with Crippen molar-refractivity contribution in [2.75, 3.05) is 26.2 Å². The van der Waals surface area contributed by atoms with E-state index in [4.69, 9.17) is 4.74 Å². The van der Waals surface area contributed by atoms with Gasteiger partial charge in [-0.2, -0.15) is 0 Å². The fourth-order valence-corrected chi connectivity index (χ4v) is 3.54. The van der Waals surface area contributed by atoms with Crippen LogP contribution in [0.2, 0.25) is 0 Å². The molecule has 1 saturated heterocycles. The molecule has 6 heteroatoms. The Morgan fingerprint density at radius 2 is 1.82 bits per heavy atom. The Hall–Kier alpha value is -0.720. The monoisotopic (exact) mass is 377 g/mol. The van der Waals surface area contributed by atoms with Crippen LogP contribution in [0.15, 0.2) is 16.6 Å². The molecule has 2 rings (SSSR count). The summed E-state index contributed by atoms with van der Waals surface area (Å²) in [6.45, 7) is 6.57. The molecular formula is C16H22BrF2NO2. The second-order valence-corrected chi connectivity index (χ2v) is 7.24. The van der Waals surface area contributed by atoms with Crippen molar-refractivity contribution in [3.63, 3.8) is 0 Å². The SMILES string of the molecule is C[C@@H]1C[C@@H](C)CN(C[C@H](O)COc2c(F)cc(Br)cc2F)C1. The molecule has 0 aromatic heterocycles. The predicted octanol–water partition coefficient (Wildman–Crippen LogP) is 3.44. The molecule has 1 aromatic carbocycles. The number of hydrogen-bond donors (Lipinski definition) is 1. The van der Waals surface area contributed by atoms with Crippen LogP contribution in [0.4, 0.5) is 8.78 Å². The van der Waals surface area contributed by atoms with Crippen LogP contribution < -0.4 is 4.74 Å². The van der Waals surface area contributed by atoms with Crippen molar-refractivity contribution in [1.82, 2.24) is 4.90 Å². The summed E-state index contributed by atoms with van der Waals surface area (Å²) in [5.41, 5.74) is 0. The van der Waals surface area contributed by atoms with E-state index in [0.717, 1.165) is 25.2 Å². The molecule has 0 unspecified atom stereocenters. The first-order chi connectivity index (χ1) is 10.3. The molecule has 3 nitrogen and oxygen atoms in total. The minimum absolute atomic E-state index is 0.130. The van der Waals surface area contributed by atoms with Crippen molar-refractivity contribution in [2.24, 2.45) is 11.8 Å². The van der Waals surface area contributed by atoms with Crippen LogP contribution >= 0.6 is 15.9 Å². The quantitative estimate of drug-likeness (QED) is 0.852. The highest BCUT2D eigenvalue weighted by Gasteiger charge is 2.24. The van der Waals surface area contributed by atoms with Crippen molar-refractivity contribution in [2.45, 2.75) is 26.4 Å². The molecule has 1 heterocycles. The first kappa shape index (κ1) is 17.6. The van der Waals surface area contributed by atoms with Crippen LogP contribution in [0.1, 0.15) is 20.3 Å². The number of nitrogens with zero attached hydrogens (tertiary/aromatic N) is 1. The van der Waals surface area contributed by atoms with Gasteiger partial charge in [-0.15, -0.1) is 0 Å². The lowest BCUT2D eigenvalue weighted by molar-refractivity contribution is 0.0410. The lowest BCUT2D eigenvalue weighted by atomic mass is 9.92. The van der Waals surface area contributed by atoms with E-state index in [1.54, 1.807) is 0 Å². The standard InChI is InChI=1S/C16H22BrF2NO2/c1-10-3-11(2)7-20(6-10)8-13(21)9-22-16-14(18)4-12(17)5-15(16)19/h4-5,10-11,13,21H,3,6-9H2,1-2H3/t10-,11-,13+/m1/s1. The molecule has 0 saturated carbocycles. The van der Waals surface area contributed by atoms with Crippen LogP contribution in [-0.4, -0.2) is 42.4 Å². The van der Waals surface area contributed by atoms with Crippen molar-refractivity contribution in [1.29, 1.82) is 0 Å². The van der Waals surface area contributed by atoms with Crippen LogP contribution in [0.3, 0.4) is 0 Å². The average molecular weight is 378 g/mol. The lowest BCUT2D eigenvalue weighted by Gasteiger charge is -2.35. The van der Waals surface area contributed by atoms with Crippen LogP contribution in [-0.2, 0) is 0 Å². The summed E-state index contributed by atoms with van der Waals surface area (Å²) in [6.07, 6.45) is 0.415. The molecule has 22 heavy (non-hydrogen) atoms. The highest BCUT2D eigenvalue weighted by molar-refractivity contribution is 9.10. The summed E-state index contributed by atoms with van der Waals surface area (Å²) in [4.78, 5) is 2.18. The van der Waals surface area contributed by atoms with E-state index in [1.807, 2.05) is 0 Å². The Morgan fingerprint density at radius 1 is 1.27 bits per heavy atom. The second-order valence-electron chi connectivity index (χ2n) is 6.33. The highest BCUT2D eigenvalue weighted by atomic mass is 79.9. The predicted molar refractivity (Wildman–Crippen MR) is 84.9 cm³/mol. The molecule has 124 valence electrons. The van der Waals surface area contributed by atoms with Crippen molar-refractivity contribution in [3.8, 4) is 5.75 Å². The third kappa shape index (κ3) is 4.89. The Labute approximate surface area is 138 Å². The normalized spacial score (nSPS) is 24.3. The fourth-order valence-electron chi connectivity index (χ4n) is 3.14. The first-order valence-electron chi connectivity index (χ1n) is 7.53. The summed E-state index contributed by atoms with van der Waals surface area (Å²) in [5, 5.41) is 10.1. The van der Waals surface area contributed by atoms with E-state index < -0.39 is 23.5 Å². The highest BCUT2D eigenvalue weighted by Crippen LogP contribution is 2.26. The van der Waals surface area contributed by atoms with Crippen molar-refractivity contribution in [3.05, 3.63) is 28.2 Å². The topological polar surface area (TPSA) is 32.7 Å².